The molecule has 4 atom stereocenters. The van der Waals surface area contributed by atoms with Gasteiger partial charge in [-0.25, -0.2) is 0 Å². The van der Waals surface area contributed by atoms with Crippen molar-refractivity contribution in [3.05, 3.63) is 17.6 Å². The minimum atomic E-state index is -2.32. The van der Waals surface area contributed by atoms with Crippen LogP contribution in [0.15, 0.2) is 11.1 Å². The van der Waals surface area contributed by atoms with Gasteiger partial charge in [0.15, 0.2) is 5.79 Å². The highest BCUT2D eigenvalue weighted by Gasteiger charge is 2.69. The van der Waals surface area contributed by atoms with Gasteiger partial charge in [0.05, 0.1) is 0 Å². The molecule has 4 nitrogen and oxygen atoms in total. The van der Waals surface area contributed by atoms with Crippen LogP contribution in [0.1, 0.15) is 66.7 Å². The Morgan fingerprint density at radius 3 is 2.42 bits per heavy atom. The number of carbonyl (C=O) groups excluding carboxylic acids is 1. The quantitative estimate of drug-likeness (QED) is 0.595. The van der Waals surface area contributed by atoms with Crippen LogP contribution in [0.25, 0.3) is 0 Å². The van der Waals surface area contributed by atoms with E-state index in [9.17, 15) is 20.1 Å². The van der Waals surface area contributed by atoms with Crippen LogP contribution in [-0.2, 0) is 4.79 Å². The molecule has 0 unspecified atom stereocenters. The summed E-state index contributed by atoms with van der Waals surface area (Å²) in [5.74, 6) is -2.94. The van der Waals surface area contributed by atoms with Crippen LogP contribution >= 0.6 is 0 Å². The third-order valence-corrected chi connectivity index (χ3v) is 7.60. The van der Waals surface area contributed by atoms with Crippen molar-refractivity contribution in [2.45, 2.75) is 78.1 Å². The van der Waals surface area contributed by atoms with Crippen molar-refractivity contribution in [1.29, 1.82) is 0 Å². The van der Waals surface area contributed by atoms with Crippen LogP contribution in [0.3, 0.4) is 0 Å². The molecular formula is C20H31O4. The Bertz CT molecular complexity index is 603. The molecular weight excluding hydrogens is 304 g/mol. The van der Waals surface area contributed by atoms with E-state index in [2.05, 4.69) is 0 Å². The van der Waals surface area contributed by atoms with Crippen molar-refractivity contribution >= 4 is 5.78 Å². The van der Waals surface area contributed by atoms with Crippen molar-refractivity contribution in [3.63, 3.8) is 0 Å². The maximum absolute atomic E-state index is 13.2. The maximum Gasteiger partial charge on any atom is 0.197 e. The number of Topliss-reactive ketones (excluding diaryl/α,β-unsaturated/α-hetero) is 1. The average Bonchev–Trinajstić information content (AvgIpc) is 2.46. The standard InChI is InChI=1S/C20H31O4/c1-12-8-10-19(22)17(3,4)14(12)11-15(21)18(5)9-6-7-13(2)16(18)20(19,23)24/h8,13,16,22-24H,6-7,9-11H2,1-5H3/t13-,16-,18+,19+/m1/s1. The highest BCUT2D eigenvalue weighted by molar-refractivity contribution is 5.88. The maximum atomic E-state index is 13.2. The minimum Gasteiger partial charge on any atom is -0.383 e. The molecule has 3 rings (SSSR count). The molecule has 24 heavy (non-hydrogen) atoms. The van der Waals surface area contributed by atoms with Crippen LogP contribution in [0.4, 0.5) is 0 Å². The molecule has 135 valence electrons. The zero-order chi connectivity index (χ0) is 18.1. The molecule has 1 radical (unpaired) electrons. The first-order valence-corrected chi connectivity index (χ1v) is 9.13. The van der Waals surface area contributed by atoms with E-state index in [1.54, 1.807) is 0 Å². The summed E-state index contributed by atoms with van der Waals surface area (Å²) in [6, 6.07) is 0. The second-order valence-electron chi connectivity index (χ2n) is 9.15. The number of hydrogen-bond acceptors (Lipinski definition) is 4. The number of fused-ring (bicyclic) bond motifs is 3. The summed E-state index contributed by atoms with van der Waals surface area (Å²) in [4.78, 5) is 13.2. The lowest BCUT2D eigenvalue weighted by Crippen LogP contribution is -2.72. The summed E-state index contributed by atoms with van der Waals surface area (Å²) < 4.78 is 0. The molecule has 0 aliphatic heterocycles. The lowest BCUT2D eigenvalue weighted by Gasteiger charge is -2.62. The van der Waals surface area contributed by atoms with Crippen LogP contribution < -0.4 is 0 Å². The highest BCUT2D eigenvalue weighted by atomic mass is 16.5. The van der Waals surface area contributed by atoms with E-state index in [1.807, 2.05) is 41.0 Å². The van der Waals surface area contributed by atoms with E-state index in [0.717, 1.165) is 24.0 Å². The molecule has 0 aromatic carbocycles. The third-order valence-electron chi connectivity index (χ3n) is 7.60. The highest BCUT2D eigenvalue weighted by Crippen LogP contribution is 2.62. The molecule has 2 fully saturated rings. The van der Waals surface area contributed by atoms with E-state index in [1.165, 1.54) is 0 Å². The van der Waals surface area contributed by atoms with Crippen molar-refractivity contribution in [2.75, 3.05) is 0 Å². The second kappa shape index (κ2) is 5.15. The van der Waals surface area contributed by atoms with Crippen LogP contribution in [0.2, 0.25) is 0 Å². The van der Waals surface area contributed by atoms with Crippen molar-refractivity contribution in [3.8, 4) is 0 Å². The van der Waals surface area contributed by atoms with Crippen LogP contribution in [0.5, 0.6) is 0 Å². The van der Waals surface area contributed by atoms with Gasteiger partial charge in [-0.1, -0.05) is 51.7 Å². The Morgan fingerprint density at radius 1 is 1.17 bits per heavy atom. The number of ketones is 1. The predicted molar refractivity (Wildman–Crippen MR) is 91.8 cm³/mol. The normalized spacial score (nSPS) is 44.6. The number of allylic oxidation sites excluding steroid dienone is 1. The summed E-state index contributed by atoms with van der Waals surface area (Å²) in [6.07, 6.45) is 4.73. The second-order valence-corrected chi connectivity index (χ2v) is 9.15. The Kier molecular flexibility index (Phi) is 3.88. The summed E-state index contributed by atoms with van der Waals surface area (Å²) in [7, 11) is 0. The van der Waals surface area contributed by atoms with Gasteiger partial charge in [-0.05, 0) is 32.1 Å². The molecule has 0 aromatic heterocycles. The Hall–Kier alpha value is -0.710. The van der Waals surface area contributed by atoms with Crippen molar-refractivity contribution in [2.24, 2.45) is 22.7 Å². The van der Waals surface area contributed by atoms with Gasteiger partial charge < -0.3 is 15.3 Å². The summed E-state index contributed by atoms with van der Waals surface area (Å²) in [6.45, 7) is 9.47. The minimum absolute atomic E-state index is 0.0314. The molecule has 0 heterocycles. The van der Waals surface area contributed by atoms with E-state index in [-0.39, 0.29) is 24.5 Å². The van der Waals surface area contributed by atoms with Gasteiger partial charge in [0.1, 0.15) is 11.4 Å². The van der Waals surface area contributed by atoms with Gasteiger partial charge >= 0.3 is 0 Å². The Labute approximate surface area is 145 Å². The fourth-order valence-electron chi connectivity index (χ4n) is 5.91. The van der Waals surface area contributed by atoms with E-state index in [0.29, 0.717) is 6.42 Å². The average molecular weight is 335 g/mol. The van der Waals surface area contributed by atoms with Gasteiger partial charge in [0.2, 0.25) is 0 Å². The Balaban J connectivity index is 2.28. The molecule has 0 aromatic rings. The summed E-state index contributed by atoms with van der Waals surface area (Å²) >= 11 is 0. The topological polar surface area (TPSA) is 77.8 Å². The molecule has 0 spiro atoms. The molecule has 3 aliphatic carbocycles. The van der Waals surface area contributed by atoms with Crippen molar-refractivity contribution in [1.82, 2.24) is 0 Å². The van der Waals surface area contributed by atoms with Gasteiger partial charge in [-0.15, -0.1) is 0 Å². The lowest BCUT2D eigenvalue weighted by atomic mass is 9.47. The largest absolute Gasteiger partial charge is 0.383 e. The van der Waals surface area contributed by atoms with E-state index >= 15 is 0 Å². The molecule has 0 amide bonds. The van der Waals surface area contributed by atoms with Crippen LogP contribution in [0, 0.1) is 29.1 Å². The lowest BCUT2D eigenvalue weighted by molar-refractivity contribution is -0.352. The van der Waals surface area contributed by atoms with Gasteiger partial charge in [0, 0.05) is 23.2 Å². The molecule has 2 bridgehead atoms. The molecule has 3 N–H and O–H groups in total. The van der Waals surface area contributed by atoms with Crippen molar-refractivity contribution < 1.29 is 20.1 Å². The van der Waals surface area contributed by atoms with E-state index < -0.39 is 28.1 Å². The van der Waals surface area contributed by atoms with Crippen LogP contribution in [-0.4, -0.2) is 32.5 Å². The summed E-state index contributed by atoms with van der Waals surface area (Å²) in [5, 5.41) is 34.2. The molecule has 4 heteroatoms. The fourth-order valence-corrected chi connectivity index (χ4v) is 5.91. The monoisotopic (exact) mass is 335 g/mol. The fraction of sp³-hybridized carbons (Fsp3) is 0.800. The predicted octanol–water partition coefficient (Wildman–Crippen LogP) is 2.76. The molecule has 3 aliphatic rings. The zero-order valence-corrected chi connectivity index (χ0v) is 15.5. The third kappa shape index (κ3) is 1.99. The first-order valence-electron chi connectivity index (χ1n) is 9.13. The van der Waals surface area contributed by atoms with Gasteiger partial charge in [-0.2, -0.15) is 0 Å². The number of aliphatic hydroxyl groups is 3. The molecule has 2 saturated carbocycles. The number of carbonyl (C=O) groups is 1. The van der Waals surface area contributed by atoms with Gasteiger partial charge in [-0.3, -0.25) is 4.79 Å². The number of hydrogen-bond donors (Lipinski definition) is 3. The smallest absolute Gasteiger partial charge is 0.197 e. The van der Waals surface area contributed by atoms with E-state index in [4.69, 9.17) is 0 Å². The first-order chi connectivity index (χ1) is 10.9. The first kappa shape index (κ1) is 18.1. The zero-order valence-electron chi connectivity index (χ0n) is 15.5. The van der Waals surface area contributed by atoms with Gasteiger partial charge in [0.25, 0.3) is 0 Å². The Morgan fingerprint density at radius 2 is 1.79 bits per heavy atom. The molecule has 0 saturated heterocycles. The SMILES string of the molecule is CC1=C2CC(=O)[C@]3(C)CCC[C@@H](C)[C@H]3C(O)(O)[C@](O)(C[CH]1)C2(C)C. The number of rotatable bonds is 0. The summed E-state index contributed by atoms with van der Waals surface area (Å²) in [5.41, 5.74) is -1.56.